The summed E-state index contributed by atoms with van der Waals surface area (Å²) in [4.78, 5) is 22.1. The molecule has 2 aromatic rings. The first-order valence-electron chi connectivity index (χ1n) is 5.94. The highest BCUT2D eigenvalue weighted by atomic mass is 79.9. The van der Waals surface area contributed by atoms with Crippen LogP contribution in [0.15, 0.2) is 46.9 Å². The predicted molar refractivity (Wildman–Crippen MR) is 78.4 cm³/mol. The summed E-state index contributed by atoms with van der Waals surface area (Å²) in [5, 5.41) is 13.4. The van der Waals surface area contributed by atoms with Crippen molar-refractivity contribution in [1.29, 1.82) is 0 Å². The van der Waals surface area contributed by atoms with Gasteiger partial charge in [-0.2, -0.15) is 0 Å². The zero-order valence-electron chi connectivity index (χ0n) is 10.7. The van der Waals surface area contributed by atoms with Crippen LogP contribution in [0.2, 0.25) is 0 Å². The highest BCUT2D eigenvalue weighted by Crippen LogP contribution is 2.19. The van der Waals surface area contributed by atoms with Gasteiger partial charge in [0.2, 0.25) is 0 Å². The molecule has 0 aliphatic rings. The molecule has 108 valence electrons. The van der Waals surface area contributed by atoms with E-state index in [0.717, 1.165) is 28.2 Å². The molecule has 0 saturated heterocycles. The van der Waals surface area contributed by atoms with Gasteiger partial charge in [0.15, 0.2) is 0 Å². The van der Waals surface area contributed by atoms with Gasteiger partial charge in [-0.1, -0.05) is 28.1 Å². The number of nitrogens with one attached hydrogen (secondary N) is 1. The molecule has 0 unspecified atom stereocenters. The van der Waals surface area contributed by atoms with E-state index >= 15 is 0 Å². The zero-order valence-corrected chi connectivity index (χ0v) is 12.3. The molecule has 0 atom stereocenters. The molecule has 0 aliphatic carbocycles. The minimum atomic E-state index is -0.714. The lowest BCUT2D eigenvalue weighted by atomic mass is 10.1. The van der Waals surface area contributed by atoms with Crippen LogP contribution in [0.3, 0.4) is 0 Å². The average Bonchev–Trinajstić information content (AvgIpc) is 2.46. The van der Waals surface area contributed by atoms with Crippen LogP contribution in [-0.2, 0) is 6.54 Å². The van der Waals surface area contributed by atoms with Crippen molar-refractivity contribution >= 4 is 27.5 Å². The molecule has 2 rings (SSSR count). The number of carbonyl (C=O) groups excluding carboxylic acids is 1. The summed E-state index contributed by atoms with van der Waals surface area (Å²) in [7, 11) is 0. The van der Waals surface area contributed by atoms with Crippen LogP contribution in [0.25, 0.3) is 0 Å². The van der Waals surface area contributed by atoms with E-state index in [1.165, 1.54) is 0 Å². The number of benzene rings is 2. The quantitative estimate of drug-likeness (QED) is 0.676. The van der Waals surface area contributed by atoms with E-state index in [0.29, 0.717) is 0 Å². The van der Waals surface area contributed by atoms with E-state index in [-0.39, 0.29) is 12.1 Å². The van der Waals surface area contributed by atoms with E-state index in [1.54, 1.807) is 12.1 Å². The molecule has 0 aliphatic heterocycles. The summed E-state index contributed by atoms with van der Waals surface area (Å²) < 4.78 is 14.1. The lowest BCUT2D eigenvalue weighted by Gasteiger charge is -2.06. The maximum Gasteiger partial charge on any atom is 0.282 e. The minimum Gasteiger partial charge on any atom is -0.348 e. The first-order valence-corrected chi connectivity index (χ1v) is 6.73. The second kappa shape index (κ2) is 6.45. The molecule has 5 nitrogen and oxygen atoms in total. The Morgan fingerprint density at radius 2 is 1.90 bits per heavy atom. The van der Waals surface area contributed by atoms with E-state index < -0.39 is 22.3 Å². The monoisotopic (exact) mass is 352 g/mol. The van der Waals surface area contributed by atoms with Crippen LogP contribution in [0, 0.1) is 15.9 Å². The number of amides is 1. The molecular weight excluding hydrogens is 343 g/mol. The molecule has 0 radical (unpaired) electrons. The number of nitrogens with zero attached hydrogens (tertiary/aromatic N) is 1. The Balaban J connectivity index is 2.15. The molecule has 0 spiro atoms. The smallest absolute Gasteiger partial charge is 0.282 e. The molecule has 2 aromatic carbocycles. The third kappa shape index (κ3) is 3.85. The van der Waals surface area contributed by atoms with E-state index in [4.69, 9.17) is 0 Å². The first kappa shape index (κ1) is 15.1. The third-order valence-corrected chi connectivity index (χ3v) is 3.29. The van der Waals surface area contributed by atoms with Gasteiger partial charge in [-0.15, -0.1) is 0 Å². The summed E-state index contributed by atoms with van der Waals surface area (Å²) in [6.45, 7) is 0.194. The fourth-order valence-corrected chi connectivity index (χ4v) is 1.99. The van der Waals surface area contributed by atoms with Crippen molar-refractivity contribution in [2.45, 2.75) is 6.54 Å². The molecule has 7 heteroatoms. The molecule has 0 aromatic heterocycles. The van der Waals surface area contributed by atoms with Crippen molar-refractivity contribution < 1.29 is 14.1 Å². The topological polar surface area (TPSA) is 72.2 Å². The maximum atomic E-state index is 13.2. The Hall–Kier alpha value is -2.28. The number of rotatable bonds is 4. The fraction of sp³-hybridized carbons (Fsp3) is 0.0714. The number of hydrogen-bond donors (Lipinski definition) is 1. The molecule has 1 N–H and O–H groups in total. The maximum absolute atomic E-state index is 13.2. The average molecular weight is 353 g/mol. The highest BCUT2D eigenvalue weighted by Gasteiger charge is 2.20. The van der Waals surface area contributed by atoms with Crippen molar-refractivity contribution in [3.63, 3.8) is 0 Å². The van der Waals surface area contributed by atoms with E-state index in [2.05, 4.69) is 21.2 Å². The van der Waals surface area contributed by atoms with Gasteiger partial charge < -0.3 is 5.32 Å². The number of halogens is 2. The standard InChI is InChI=1S/C14H10BrFN2O3/c15-10-3-1-9(2-4-10)8-17-14(19)12-7-11(16)5-6-13(12)18(20)21/h1-7H,8H2,(H,17,19). The van der Waals surface area contributed by atoms with E-state index in [9.17, 15) is 19.3 Å². The minimum absolute atomic E-state index is 0.194. The number of nitro groups is 1. The second-order valence-electron chi connectivity index (χ2n) is 4.23. The summed E-state index contributed by atoms with van der Waals surface area (Å²) in [5.41, 5.74) is 0.104. The lowest BCUT2D eigenvalue weighted by Crippen LogP contribution is -2.23. The number of nitro benzene ring substituents is 1. The molecule has 0 fully saturated rings. The van der Waals surface area contributed by atoms with Crippen LogP contribution < -0.4 is 5.32 Å². The van der Waals surface area contributed by atoms with Gasteiger partial charge in [0.05, 0.1) is 4.92 Å². The van der Waals surface area contributed by atoms with Gasteiger partial charge in [-0.05, 0) is 29.8 Å². The Kier molecular flexibility index (Phi) is 4.64. The molecular formula is C14H10BrFN2O3. The third-order valence-electron chi connectivity index (χ3n) is 2.77. The van der Waals surface area contributed by atoms with Gasteiger partial charge in [-0.3, -0.25) is 14.9 Å². The van der Waals surface area contributed by atoms with Gasteiger partial charge in [-0.25, -0.2) is 4.39 Å². The van der Waals surface area contributed by atoms with Gasteiger partial charge in [0.25, 0.3) is 11.6 Å². The molecule has 0 heterocycles. The number of carbonyl (C=O) groups is 1. The van der Waals surface area contributed by atoms with Gasteiger partial charge >= 0.3 is 0 Å². The zero-order chi connectivity index (χ0) is 15.4. The highest BCUT2D eigenvalue weighted by molar-refractivity contribution is 9.10. The van der Waals surface area contributed by atoms with Crippen molar-refractivity contribution in [1.82, 2.24) is 5.32 Å². The molecule has 21 heavy (non-hydrogen) atoms. The van der Waals surface area contributed by atoms with Crippen LogP contribution in [0.4, 0.5) is 10.1 Å². The van der Waals surface area contributed by atoms with Crippen molar-refractivity contribution in [2.24, 2.45) is 0 Å². The van der Waals surface area contributed by atoms with Crippen molar-refractivity contribution in [3.05, 3.63) is 74.0 Å². The van der Waals surface area contributed by atoms with Crippen molar-refractivity contribution in [3.8, 4) is 0 Å². The fourth-order valence-electron chi connectivity index (χ4n) is 1.73. The summed E-state index contributed by atoms with van der Waals surface area (Å²) in [6, 6.07) is 10.00. The SMILES string of the molecule is O=C(NCc1ccc(Br)cc1)c1cc(F)ccc1[N+](=O)[O-]. The first-order chi connectivity index (χ1) is 9.97. The van der Waals surface area contributed by atoms with E-state index in [1.807, 2.05) is 12.1 Å². The molecule has 0 saturated carbocycles. The Morgan fingerprint density at radius 1 is 1.24 bits per heavy atom. The van der Waals surface area contributed by atoms with Gasteiger partial charge in [0, 0.05) is 17.1 Å². The molecule has 0 bridgehead atoms. The second-order valence-corrected chi connectivity index (χ2v) is 5.14. The normalized spacial score (nSPS) is 10.2. The lowest BCUT2D eigenvalue weighted by molar-refractivity contribution is -0.385. The summed E-state index contributed by atoms with van der Waals surface area (Å²) in [5.74, 6) is -1.39. The van der Waals surface area contributed by atoms with Crippen molar-refractivity contribution in [2.75, 3.05) is 0 Å². The van der Waals surface area contributed by atoms with Crippen LogP contribution >= 0.6 is 15.9 Å². The predicted octanol–water partition coefficient (Wildman–Crippen LogP) is 3.43. The van der Waals surface area contributed by atoms with Gasteiger partial charge in [0.1, 0.15) is 11.4 Å². The van der Waals surface area contributed by atoms with Crippen LogP contribution in [0.1, 0.15) is 15.9 Å². The van der Waals surface area contributed by atoms with Crippen LogP contribution in [-0.4, -0.2) is 10.8 Å². The Bertz CT molecular complexity index is 689. The largest absolute Gasteiger partial charge is 0.348 e. The summed E-state index contributed by atoms with van der Waals surface area (Å²) in [6.07, 6.45) is 0. The Labute approximate surface area is 128 Å². The number of hydrogen-bond acceptors (Lipinski definition) is 3. The summed E-state index contributed by atoms with van der Waals surface area (Å²) >= 11 is 3.29. The Morgan fingerprint density at radius 3 is 2.52 bits per heavy atom. The molecule has 1 amide bonds. The van der Waals surface area contributed by atoms with Crippen LogP contribution in [0.5, 0.6) is 0 Å².